The van der Waals surface area contributed by atoms with Crippen molar-refractivity contribution in [2.75, 3.05) is 0 Å². The van der Waals surface area contributed by atoms with Crippen LogP contribution in [0.3, 0.4) is 0 Å². The van der Waals surface area contributed by atoms with E-state index in [1.165, 1.54) is 19.1 Å². The average Bonchev–Trinajstić information content (AvgIpc) is 2.63. The van der Waals surface area contributed by atoms with E-state index in [-0.39, 0.29) is 16.3 Å². The average molecular weight is 392 g/mol. The lowest BCUT2D eigenvalue weighted by molar-refractivity contribution is -0.384. The van der Waals surface area contributed by atoms with Crippen molar-refractivity contribution in [1.29, 1.82) is 0 Å². The van der Waals surface area contributed by atoms with Gasteiger partial charge >= 0.3 is 0 Å². The summed E-state index contributed by atoms with van der Waals surface area (Å²) >= 11 is 5.89. The van der Waals surface area contributed by atoms with Crippen molar-refractivity contribution < 1.29 is 19.2 Å². The lowest BCUT2D eigenvalue weighted by Gasteiger charge is -2.17. The van der Waals surface area contributed by atoms with Crippen LogP contribution >= 0.6 is 11.6 Å². The molecule has 1 atom stereocenters. The Hall–Kier alpha value is -3.13. The standard InChI is InChI=1S/C18H18ClN3O5/c1-10-5-4-6-16(11(10)2)27-12(3)17(23)20-21-18(24)14-9-13(22(25)26)7-8-15(14)19/h4-9,12H,1-3H3,(H,20,23)(H,21,24)/t12-/m0/s1. The first-order valence-electron chi connectivity index (χ1n) is 7.97. The van der Waals surface area contributed by atoms with Gasteiger partial charge in [-0.1, -0.05) is 23.7 Å². The summed E-state index contributed by atoms with van der Waals surface area (Å²) in [6.45, 7) is 5.33. The summed E-state index contributed by atoms with van der Waals surface area (Å²) in [6, 6.07) is 8.93. The number of carbonyl (C=O) groups is 2. The molecule has 0 aliphatic carbocycles. The molecule has 0 radical (unpaired) electrons. The van der Waals surface area contributed by atoms with Crippen molar-refractivity contribution in [3.8, 4) is 5.75 Å². The Labute approximate surface area is 160 Å². The number of carbonyl (C=O) groups excluding carboxylic acids is 2. The summed E-state index contributed by atoms with van der Waals surface area (Å²) in [5.41, 5.74) is 5.90. The molecule has 0 spiro atoms. The molecule has 27 heavy (non-hydrogen) atoms. The number of nitrogens with one attached hydrogen (secondary N) is 2. The van der Waals surface area contributed by atoms with Crippen LogP contribution in [-0.4, -0.2) is 22.8 Å². The first-order chi connectivity index (χ1) is 12.7. The smallest absolute Gasteiger partial charge is 0.279 e. The van der Waals surface area contributed by atoms with Crippen molar-refractivity contribution >= 4 is 29.1 Å². The number of benzene rings is 2. The number of rotatable bonds is 5. The van der Waals surface area contributed by atoms with Crippen LogP contribution in [0.15, 0.2) is 36.4 Å². The van der Waals surface area contributed by atoms with Gasteiger partial charge in [-0.25, -0.2) is 0 Å². The van der Waals surface area contributed by atoms with Crippen LogP contribution in [0.4, 0.5) is 5.69 Å². The highest BCUT2D eigenvalue weighted by molar-refractivity contribution is 6.34. The van der Waals surface area contributed by atoms with Crippen LogP contribution in [0.1, 0.15) is 28.4 Å². The summed E-state index contributed by atoms with van der Waals surface area (Å²) < 4.78 is 5.62. The molecule has 0 aliphatic heterocycles. The van der Waals surface area contributed by atoms with Gasteiger partial charge < -0.3 is 4.74 Å². The summed E-state index contributed by atoms with van der Waals surface area (Å²) in [5, 5.41) is 10.8. The quantitative estimate of drug-likeness (QED) is 0.601. The van der Waals surface area contributed by atoms with E-state index in [1.807, 2.05) is 26.0 Å². The molecule has 2 aromatic rings. The van der Waals surface area contributed by atoms with E-state index in [0.717, 1.165) is 17.2 Å². The highest BCUT2D eigenvalue weighted by atomic mass is 35.5. The molecule has 2 rings (SSSR count). The van der Waals surface area contributed by atoms with Gasteiger partial charge in [-0.2, -0.15) is 0 Å². The van der Waals surface area contributed by atoms with Crippen LogP contribution in [0.5, 0.6) is 5.75 Å². The van der Waals surface area contributed by atoms with Gasteiger partial charge in [0, 0.05) is 12.1 Å². The summed E-state index contributed by atoms with van der Waals surface area (Å²) in [6.07, 6.45) is -0.883. The monoisotopic (exact) mass is 391 g/mol. The van der Waals surface area contributed by atoms with Gasteiger partial charge in [0.15, 0.2) is 6.10 Å². The minimum absolute atomic E-state index is 0.0204. The highest BCUT2D eigenvalue weighted by Crippen LogP contribution is 2.22. The van der Waals surface area contributed by atoms with E-state index in [1.54, 1.807) is 6.07 Å². The molecule has 8 nitrogen and oxygen atoms in total. The van der Waals surface area contributed by atoms with E-state index in [2.05, 4.69) is 10.9 Å². The number of aryl methyl sites for hydroxylation is 1. The second kappa shape index (κ2) is 8.50. The molecule has 0 saturated heterocycles. The van der Waals surface area contributed by atoms with Gasteiger partial charge in [-0.15, -0.1) is 0 Å². The predicted octanol–water partition coefficient (Wildman–Crippen LogP) is 3.09. The second-order valence-electron chi connectivity index (χ2n) is 5.82. The molecule has 0 fully saturated rings. The van der Waals surface area contributed by atoms with E-state index in [4.69, 9.17) is 16.3 Å². The third kappa shape index (κ3) is 4.95. The van der Waals surface area contributed by atoms with Gasteiger partial charge in [-0.3, -0.25) is 30.6 Å². The maximum Gasteiger partial charge on any atom is 0.279 e. The number of ether oxygens (including phenoxy) is 1. The molecule has 142 valence electrons. The number of nitro benzene ring substituents is 1. The zero-order valence-corrected chi connectivity index (χ0v) is 15.7. The van der Waals surface area contributed by atoms with E-state index in [0.29, 0.717) is 5.75 Å². The van der Waals surface area contributed by atoms with Crippen molar-refractivity contribution in [3.63, 3.8) is 0 Å². The summed E-state index contributed by atoms with van der Waals surface area (Å²) in [7, 11) is 0. The zero-order chi connectivity index (χ0) is 20.1. The minimum Gasteiger partial charge on any atom is -0.481 e. The fourth-order valence-corrected chi connectivity index (χ4v) is 2.39. The maximum atomic E-state index is 12.2. The third-order valence-electron chi connectivity index (χ3n) is 3.93. The maximum absolute atomic E-state index is 12.2. The Morgan fingerprint density at radius 1 is 1.19 bits per heavy atom. The van der Waals surface area contributed by atoms with Crippen LogP contribution in [0.25, 0.3) is 0 Å². The molecular formula is C18H18ClN3O5. The van der Waals surface area contributed by atoms with Gasteiger partial charge in [0.25, 0.3) is 17.5 Å². The largest absolute Gasteiger partial charge is 0.481 e. The van der Waals surface area contributed by atoms with Gasteiger partial charge in [0.2, 0.25) is 0 Å². The molecule has 9 heteroatoms. The van der Waals surface area contributed by atoms with Crippen molar-refractivity contribution in [1.82, 2.24) is 10.9 Å². The van der Waals surface area contributed by atoms with E-state index in [9.17, 15) is 19.7 Å². The van der Waals surface area contributed by atoms with Crippen molar-refractivity contribution in [3.05, 3.63) is 68.2 Å². The number of nitro groups is 1. The number of amides is 2. The number of hydrogen-bond acceptors (Lipinski definition) is 5. The number of nitrogens with zero attached hydrogens (tertiary/aromatic N) is 1. The van der Waals surface area contributed by atoms with Gasteiger partial charge in [0.05, 0.1) is 15.5 Å². The molecule has 2 N–H and O–H groups in total. The minimum atomic E-state index is -0.883. The molecule has 2 aromatic carbocycles. The zero-order valence-electron chi connectivity index (χ0n) is 14.9. The first kappa shape index (κ1) is 20.2. The number of hydrogen-bond donors (Lipinski definition) is 2. The lowest BCUT2D eigenvalue weighted by Crippen LogP contribution is -2.47. The van der Waals surface area contributed by atoms with Gasteiger partial charge in [-0.05, 0) is 44.0 Å². The van der Waals surface area contributed by atoms with Crippen LogP contribution < -0.4 is 15.6 Å². The van der Waals surface area contributed by atoms with E-state index < -0.39 is 22.8 Å². The van der Waals surface area contributed by atoms with Gasteiger partial charge in [0.1, 0.15) is 5.75 Å². The fraction of sp³-hybridized carbons (Fsp3) is 0.222. The normalized spacial score (nSPS) is 11.4. The third-order valence-corrected chi connectivity index (χ3v) is 4.26. The van der Waals surface area contributed by atoms with E-state index >= 15 is 0 Å². The molecule has 0 heterocycles. The Morgan fingerprint density at radius 3 is 2.56 bits per heavy atom. The summed E-state index contributed by atoms with van der Waals surface area (Å²) in [5.74, 6) is -0.812. The molecule has 0 aliphatic rings. The Balaban J connectivity index is 2.00. The SMILES string of the molecule is Cc1cccc(O[C@@H](C)C(=O)NNC(=O)c2cc([N+](=O)[O-])ccc2Cl)c1C. The second-order valence-corrected chi connectivity index (χ2v) is 6.23. The topological polar surface area (TPSA) is 111 Å². The number of halogens is 1. The Bertz CT molecular complexity index is 901. The van der Waals surface area contributed by atoms with Crippen molar-refractivity contribution in [2.24, 2.45) is 0 Å². The van der Waals surface area contributed by atoms with Crippen molar-refractivity contribution in [2.45, 2.75) is 26.9 Å². The molecule has 0 bridgehead atoms. The summed E-state index contributed by atoms with van der Waals surface area (Å²) in [4.78, 5) is 34.5. The molecular weight excluding hydrogens is 374 g/mol. The Morgan fingerprint density at radius 2 is 1.89 bits per heavy atom. The molecule has 2 amide bonds. The number of non-ortho nitro benzene ring substituents is 1. The Kier molecular flexibility index (Phi) is 6.36. The lowest BCUT2D eigenvalue weighted by atomic mass is 10.1. The molecule has 0 unspecified atom stereocenters. The van der Waals surface area contributed by atoms with Crippen LogP contribution in [0, 0.1) is 24.0 Å². The highest BCUT2D eigenvalue weighted by Gasteiger charge is 2.19. The molecule has 0 saturated carbocycles. The van der Waals surface area contributed by atoms with Crippen LogP contribution in [-0.2, 0) is 4.79 Å². The first-order valence-corrected chi connectivity index (χ1v) is 8.35. The fourth-order valence-electron chi connectivity index (χ4n) is 2.18. The van der Waals surface area contributed by atoms with Crippen LogP contribution in [0.2, 0.25) is 5.02 Å². The number of hydrazine groups is 1. The predicted molar refractivity (Wildman–Crippen MR) is 99.7 cm³/mol. The molecule has 0 aromatic heterocycles.